The van der Waals surface area contributed by atoms with E-state index in [9.17, 15) is 14.0 Å². The molecule has 0 fully saturated rings. The Bertz CT molecular complexity index is 1540. The molecule has 2 N–H and O–H groups in total. The van der Waals surface area contributed by atoms with Gasteiger partial charge in [-0.25, -0.2) is 23.1 Å². The van der Waals surface area contributed by atoms with Crippen LogP contribution in [-0.4, -0.2) is 26.2 Å². The fraction of sp³-hybridized carbons (Fsp3) is 0.269. The molecule has 188 valence electrons. The van der Waals surface area contributed by atoms with Crippen LogP contribution in [0, 0.1) is 11.6 Å². The van der Waals surface area contributed by atoms with Crippen molar-refractivity contribution >= 4 is 40.1 Å². The van der Waals surface area contributed by atoms with E-state index in [1.165, 1.54) is 41.1 Å². The SMILES string of the molecule is CC(C)c1[nH]c(=O)c(-c2cc(Cl)ccc2F)cc1Nc1c(F)cnc2c1ccn2C(=O)OC(C)(C)C. The van der Waals surface area contributed by atoms with Crippen LogP contribution < -0.4 is 10.9 Å². The molecule has 4 aromatic rings. The Hall–Kier alpha value is -3.72. The van der Waals surface area contributed by atoms with Crippen molar-refractivity contribution in [3.8, 4) is 11.1 Å². The average molecular weight is 515 g/mol. The van der Waals surface area contributed by atoms with Crippen molar-refractivity contribution in [1.29, 1.82) is 0 Å². The van der Waals surface area contributed by atoms with Gasteiger partial charge in [0.05, 0.1) is 23.1 Å². The van der Waals surface area contributed by atoms with Gasteiger partial charge >= 0.3 is 6.09 Å². The van der Waals surface area contributed by atoms with Gasteiger partial charge in [-0.05, 0) is 57.0 Å². The van der Waals surface area contributed by atoms with Crippen molar-refractivity contribution in [2.75, 3.05) is 5.32 Å². The van der Waals surface area contributed by atoms with Crippen LogP contribution >= 0.6 is 11.6 Å². The largest absolute Gasteiger partial charge is 0.443 e. The number of H-pyrrole nitrogens is 1. The summed E-state index contributed by atoms with van der Waals surface area (Å²) in [5.41, 5.74) is -0.140. The van der Waals surface area contributed by atoms with Gasteiger partial charge < -0.3 is 15.0 Å². The first-order valence-electron chi connectivity index (χ1n) is 11.2. The van der Waals surface area contributed by atoms with Crippen molar-refractivity contribution < 1.29 is 18.3 Å². The molecule has 10 heteroatoms. The van der Waals surface area contributed by atoms with Crippen LogP contribution in [0.15, 0.2) is 47.5 Å². The fourth-order valence-electron chi connectivity index (χ4n) is 3.79. The zero-order chi connectivity index (χ0) is 26.4. The van der Waals surface area contributed by atoms with E-state index in [1.807, 2.05) is 13.8 Å². The van der Waals surface area contributed by atoms with E-state index in [4.69, 9.17) is 16.3 Å². The third-order valence-corrected chi connectivity index (χ3v) is 5.62. The van der Waals surface area contributed by atoms with E-state index in [1.54, 1.807) is 20.8 Å². The molecule has 0 aliphatic heterocycles. The normalized spacial score (nSPS) is 11.8. The summed E-state index contributed by atoms with van der Waals surface area (Å²) < 4.78 is 36.2. The molecule has 0 spiro atoms. The van der Waals surface area contributed by atoms with Crippen molar-refractivity contribution in [3.05, 3.63) is 75.4 Å². The van der Waals surface area contributed by atoms with E-state index in [0.29, 0.717) is 16.8 Å². The van der Waals surface area contributed by atoms with Crippen LogP contribution in [0.5, 0.6) is 0 Å². The number of ether oxygens (including phenoxy) is 1. The topological polar surface area (TPSA) is 89.0 Å². The Labute approximate surface area is 211 Å². The first kappa shape index (κ1) is 25.4. The number of hydrogen-bond donors (Lipinski definition) is 2. The number of benzene rings is 1. The molecule has 3 aromatic heterocycles. The minimum atomic E-state index is -0.733. The predicted octanol–water partition coefficient (Wildman–Crippen LogP) is 6.97. The summed E-state index contributed by atoms with van der Waals surface area (Å²) in [5, 5.41) is 3.61. The summed E-state index contributed by atoms with van der Waals surface area (Å²) in [5.74, 6) is -1.47. The molecule has 0 aliphatic rings. The second-order valence-corrected chi connectivity index (χ2v) is 10.1. The lowest BCUT2D eigenvalue weighted by Gasteiger charge is -2.20. The molecule has 36 heavy (non-hydrogen) atoms. The molecule has 0 unspecified atom stereocenters. The third-order valence-electron chi connectivity index (χ3n) is 5.39. The van der Waals surface area contributed by atoms with E-state index in [0.717, 1.165) is 6.20 Å². The van der Waals surface area contributed by atoms with Gasteiger partial charge in [-0.1, -0.05) is 25.4 Å². The zero-order valence-corrected chi connectivity index (χ0v) is 21.1. The summed E-state index contributed by atoms with van der Waals surface area (Å²) in [4.78, 5) is 32.3. The first-order valence-corrected chi connectivity index (χ1v) is 11.6. The molecule has 4 rings (SSSR count). The van der Waals surface area contributed by atoms with Gasteiger partial charge in [0.1, 0.15) is 11.4 Å². The molecule has 0 atom stereocenters. The summed E-state index contributed by atoms with van der Waals surface area (Å²) in [6.07, 6.45) is 1.77. The highest BCUT2D eigenvalue weighted by Gasteiger charge is 2.23. The van der Waals surface area contributed by atoms with Crippen LogP contribution in [0.3, 0.4) is 0 Å². The van der Waals surface area contributed by atoms with Gasteiger partial charge in [0, 0.05) is 27.9 Å². The Balaban J connectivity index is 1.86. The Morgan fingerprint density at radius 3 is 2.53 bits per heavy atom. The smallest absolute Gasteiger partial charge is 0.420 e. The van der Waals surface area contributed by atoms with Gasteiger partial charge in [0.25, 0.3) is 5.56 Å². The summed E-state index contributed by atoms with van der Waals surface area (Å²) in [6, 6.07) is 6.91. The number of pyridine rings is 2. The van der Waals surface area contributed by atoms with Crippen LogP contribution in [0.2, 0.25) is 5.02 Å². The number of carbonyl (C=O) groups is 1. The van der Waals surface area contributed by atoms with Gasteiger partial charge in [0.15, 0.2) is 11.5 Å². The number of rotatable bonds is 4. The Kier molecular flexibility index (Phi) is 6.62. The highest BCUT2D eigenvalue weighted by Crippen LogP contribution is 2.34. The molecule has 7 nitrogen and oxygen atoms in total. The molecule has 3 heterocycles. The van der Waals surface area contributed by atoms with Crippen LogP contribution in [-0.2, 0) is 4.74 Å². The van der Waals surface area contributed by atoms with Gasteiger partial charge in [-0.3, -0.25) is 4.79 Å². The molecule has 1 aromatic carbocycles. The summed E-state index contributed by atoms with van der Waals surface area (Å²) in [7, 11) is 0. The lowest BCUT2D eigenvalue weighted by atomic mass is 10.0. The standard InChI is InChI=1S/C26H25ClF2N4O3/c1-13(2)21-20(11-17(24(34)32-21)16-10-14(27)6-7-18(16)28)31-22-15-8-9-33(23(15)30-12-19(22)29)25(35)36-26(3,4)5/h6-13H,1-5H3,(H,30,31)(H,32,34). The zero-order valence-electron chi connectivity index (χ0n) is 20.4. The number of aromatic nitrogens is 3. The van der Waals surface area contributed by atoms with Crippen LogP contribution in [0.1, 0.15) is 46.2 Å². The molecule has 0 amide bonds. The second-order valence-electron chi connectivity index (χ2n) is 9.63. The first-order chi connectivity index (χ1) is 16.9. The maximum Gasteiger partial charge on any atom is 0.420 e. The van der Waals surface area contributed by atoms with Crippen molar-refractivity contribution in [3.63, 3.8) is 0 Å². The third kappa shape index (κ3) is 4.97. The molecule has 0 saturated carbocycles. The van der Waals surface area contributed by atoms with E-state index in [-0.39, 0.29) is 33.4 Å². The number of aromatic amines is 1. The minimum absolute atomic E-state index is 0.0125. The number of anilines is 2. The molecule has 0 saturated heterocycles. The Morgan fingerprint density at radius 2 is 1.86 bits per heavy atom. The maximum atomic E-state index is 15.0. The fourth-order valence-corrected chi connectivity index (χ4v) is 3.96. The second kappa shape index (κ2) is 9.39. The van der Waals surface area contributed by atoms with Crippen molar-refractivity contribution in [2.24, 2.45) is 0 Å². The lowest BCUT2D eigenvalue weighted by molar-refractivity contribution is 0.0543. The molecule has 0 aliphatic carbocycles. The number of carbonyl (C=O) groups excluding carboxylic acids is 1. The Morgan fingerprint density at radius 1 is 1.14 bits per heavy atom. The van der Waals surface area contributed by atoms with Gasteiger partial charge in [0.2, 0.25) is 0 Å². The number of halogens is 3. The minimum Gasteiger partial charge on any atom is -0.443 e. The summed E-state index contributed by atoms with van der Waals surface area (Å²) >= 11 is 6.03. The lowest BCUT2D eigenvalue weighted by Crippen LogP contribution is -2.26. The maximum absolute atomic E-state index is 15.0. The molecular formula is C26H25ClF2N4O3. The monoisotopic (exact) mass is 514 g/mol. The number of fused-ring (bicyclic) bond motifs is 1. The quantitative estimate of drug-likeness (QED) is 0.307. The van der Waals surface area contributed by atoms with Crippen molar-refractivity contribution in [2.45, 2.75) is 46.1 Å². The van der Waals surface area contributed by atoms with E-state index in [2.05, 4.69) is 15.3 Å². The number of hydrogen-bond acceptors (Lipinski definition) is 5. The van der Waals surface area contributed by atoms with E-state index < -0.39 is 28.9 Å². The average Bonchev–Trinajstić information content (AvgIpc) is 3.21. The number of nitrogens with zero attached hydrogens (tertiary/aromatic N) is 2. The van der Waals surface area contributed by atoms with Crippen LogP contribution in [0.4, 0.5) is 25.0 Å². The highest BCUT2D eigenvalue weighted by atomic mass is 35.5. The predicted molar refractivity (Wildman–Crippen MR) is 136 cm³/mol. The van der Waals surface area contributed by atoms with Gasteiger partial charge in [-0.2, -0.15) is 0 Å². The molecule has 0 radical (unpaired) electrons. The van der Waals surface area contributed by atoms with Crippen LogP contribution in [0.25, 0.3) is 22.2 Å². The summed E-state index contributed by atoms with van der Waals surface area (Å²) in [6.45, 7) is 8.92. The van der Waals surface area contributed by atoms with Gasteiger partial charge in [-0.15, -0.1) is 0 Å². The molecule has 0 bridgehead atoms. The number of nitrogens with one attached hydrogen (secondary N) is 2. The van der Waals surface area contributed by atoms with E-state index >= 15 is 4.39 Å². The highest BCUT2D eigenvalue weighted by molar-refractivity contribution is 6.30. The van der Waals surface area contributed by atoms with Crippen molar-refractivity contribution in [1.82, 2.24) is 14.5 Å². The molecular weight excluding hydrogens is 490 g/mol.